The Labute approximate surface area is 216 Å². The molecule has 0 saturated carbocycles. The minimum absolute atomic E-state index is 0.267. The van der Waals surface area contributed by atoms with Gasteiger partial charge in [-0.05, 0) is 79.5 Å². The van der Waals surface area contributed by atoms with Crippen LogP contribution in [0.4, 0.5) is 0 Å². The standard InChI is InChI=1S/C30H30BrNO3/c31-19-3-4-20-35-29-6-2-1-5-27(29)16-15-25(21-24-9-11-26(22-32)12-10-24)8-7-23-13-17-28(18-14-23)30(33)34/h1-2,5-6,9-18,25H,3-4,7-8,19-21H2,(H,33,34)/b16-15+. The lowest BCUT2D eigenvalue weighted by molar-refractivity contribution is 0.0697. The zero-order valence-electron chi connectivity index (χ0n) is 19.7. The minimum atomic E-state index is -0.911. The summed E-state index contributed by atoms with van der Waals surface area (Å²) in [6.45, 7) is 0.692. The minimum Gasteiger partial charge on any atom is -0.493 e. The molecule has 0 radical (unpaired) electrons. The van der Waals surface area contributed by atoms with Crippen molar-refractivity contribution in [1.29, 1.82) is 5.26 Å². The number of allylic oxidation sites excluding steroid dienone is 1. The average molecular weight is 532 g/mol. The number of alkyl halides is 1. The Bertz CT molecular complexity index is 1150. The third kappa shape index (κ3) is 8.73. The van der Waals surface area contributed by atoms with Crippen LogP contribution in [0.15, 0.2) is 78.9 Å². The normalized spacial score (nSPS) is 11.8. The van der Waals surface area contributed by atoms with Gasteiger partial charge in [0.2, 0.25) is 0 Å². The van der Waals surface area contributed by atoms with E-state index in [-0.39, 0.29) is 5.92 Å². The number of carboxylic acid groups (broad SMARTS) is 1. The van der Waals surface area contributed by atoms with Gasteiger partial charge in [0.1, 0.15) is 5.75 Å². The number of hydrogen-bond acceptors (Lipinski definition) is 3. The predicted molar refractivity (Wildman–Crippen MR) is 144 cm³/mol. The molecule has 0 aliphatic carbocycles. The quantitative estimate of drug-likeness (QED) is 0.185. The summed E-state index contributed by atoms with van der Waals surface area (Å²) in [5, 5.41) is 19.2. The number of ether oxygens (including phenoxy) is 1. The molecule has 0 fully saturated rings. The van der Waals surface area contributed by atoms with Crippen molar-refractivity contribution in [2.24, 2.45) is 5.92 Å². The zero-order chi connectivity index (χ0) is 24.9. The topological polar surface area (TPSA) is 70.3 Å². The van der Waals surface area contributed by atoms with Crippen molar-refractivity contribution in [3.63, 3.8) is 0 Å². The van der Waals surface area contributed by atoms with Crippen molar-refractivity contribution in [2.75, 3.05) is 11.9 Å². The van der Waals surface area contributed by atoms with Gasteiger partial charge < -0.3 is 9.84 Å². The van der Waals surface area contributed by atoms with Crippen molar-refractivity contribution < 1.29 is 14.6 Å². The van der Waals surface area contributed by atoms with Gasteiger partial charge in [-0.15, -0.1) is 0 Å². The maximum absolute atomic E-state index is 11.1. The molecular formula is C30H30BrNO3. The molecule has 0 spiro atoms. The van der Waals surface area contributed by atoms with Crippen LogP contribution in [0.3, 0.4) is 0 Å². The molecule has 4 nitrogen and oxygen atoms in total. The van der Waals surface area contributed by atoms with E-state index in [0.717, 1.165) is 54.3 Å². The maximum atomic E-state index is 11.1. The Kier molecular flexibility index (Phi) is 10.6. The van der Waals surface area contributed by atoms with Crippen LogP contribution in [-0.4, -0.2) is 23.0 Å². The van der Waals surface area contributed by atoms with Gasteiger partial charge in [-0.2, -0.15) is 5.26 Å². The first-order chi connectivity index (χ1) is 17.1. The molecule has 35 heavy (non-hydrogen) atoms. The molecule has 3 aromatic carbocycles. The fourth-order valence-electron chi connectivity index (χ4n) is 3.82. The average Bonchev–Trinajstić information content (AvgIpc) is 2.89. The van der Waals surface area contributed by atoms with Gasteiger partial charge in [-0.1, -0.05) is 70.5 Å². The third-order valence-electron chi connectivity index (χ3n) is 5.84. The molecule has 0 amide bonds. The molecular weight excluding hydrogens is 502 g/mol. The number of carboxylic acids is 1. The molecule has 3 rings (SSSR count). The first-order valence-electron chi connectivity index (χ1n) is 11.9. The van der Waals surface area contributed by atoms with Crippen LogP contribution in [0, 0.1) is 17.2 Å². The molecule has 0 saturated heterocycles. The zero-order valence-corrected chi connectivity index (χ0v) is 21.3. The molecule has 1 unspecified atom stereocenters. The second-order valence-corrected chi connectivity index (χ2v) is 9.25. The van der Waals surface area contributed by atoms with Crippen molar-refractivity contribution in [3.05, 3.63) is 107 Å². The van der Waals surface area contributed by atoms with Crippen LogP contribution in [0.1, 0.15) is 51.9 Å². The van der Waals surface area contributed by atoms with Crippen molar-refractivity contribution in [1.82, 2.24) is 0 Å². The first kappa shape index (κ1) is 26.2. The molecule has 1 N–H and O–H groups in total. The lowest BCUT2D eigenvalue weighted by Gasteiger charge is -2.14. The smallest absolute Gasteiger partial charge is 0.335 e. The summed E-state index contributed by atoms with van der Waals surface area (Å²) in [4.78, 5) is 11.1. The highest BCUT2D eigenvalue weighted by Crippen LogP contribution is 2.24. The number of halogens is 1. The van der Waals surface area contributed by atoms with Gasteiger partial charge >= 0.3 is 5.97 Å². The number of rotatable bonds is 13. The van der Waals surface area contributed by atoms with E-state index in [0.29, 0.717) is 17.7 Å². The van der Waals surface area contributed by atoms with Gasteiger partial charge in [0.25, 0.3) is 0 Å². The molecule has 1 atom stereocenters. The Hall–Kier alpha value is -3.36. The van der Waals surface area contributed by atoms with E-state index in [9.17, 15) is 4.79 Å². The number of benzene rings is 3. The van der Waals surface area contributed by atoms with Crippen molar-refractivity contribution >= 4 is 28.0 Å². The summed E-state index contributed by atoms with van der Waals surface area (Å²) in [6, 6.07) is 25.1. The van der Waals surface area contributed by atoms with Gasteiger partial charge in [0.05, 0.1) is 23.8 Å². The highest BCUT2D eigenvalue weighted by atomic mass is 79.9. The third-order valence-corrected chi connectivity index (χ3v) is 6.40. The number of nitrogens with zero attached hydrogens (tertiary/aromatic N) is 1. The van der Waals surface area contributed by atoms with E-state index in [1.165, 1.54) is 5.56 Å². The fraction of sp³-hybridized carbons (Fsp3) is 0.267. The summed E-state index contributed by atoms with van der Waals surface area (Å²) in [5.41, 5.74) is 4.31. The predicted octanol–water partition coefficient (Wildman–Crippen LogP) is 7.32. The monoisotopic (exact) mass is 531 g/mol. The van der Waals surface area contributed by atoms with E-state index in [1.54, 1.807) is 12.1 Å². The Morgan fingerprint density at radius 1 is 1.00 bits per heavy atom. The lowest BCUT2D eigenvalue weighted by atomic mass is 9.91. The fourth-order valence-corrected chi connectivity index (χ4v) is 4.22. The number of para-hydroxylation sites is 1. The van der Waals surface area contributed by atoms with Gasteiger partial charge in [-0.25, -0.2) is 4.79 Å². The lowest BCUT2D eigenvalue weighted by Crippen LogP contribution is -2.04. The van der Waals surface area contributed by atoms with Crippen molar-refractivity contribution in [2.45, 2.75) is 32.1 Å². The summed E-state index contributed by atoms with van der Waals surface area (Å²) in [5.74, 6) is 0.245. The molecule has 180 valence electrons. The first-order valence-corrected chi connectivity index (χ1v) is 13.0. The van der Waals surface area contributed by atoms with Crippen LogP contribution in [-0.2, 0) is 12.8 Å². The second kappa shape index (κ2) is 14.1. The van der Waals surface area contributed by atoms with E-state index >= 15 is 0 Å². The number of aromatic carboxylic acids is 1. The van der Waals surface area contributed by atoms with E-state index in [2.05, 4.69) is 40.2 Å². The van der Waals surface area contributed by atoms with Crippen LogP contribution in [0.5, 0.6) is 5.75 Å². The second-order valence-electron chi connectivity index (χ2n) is 8.46. The molecule has 0 bridgehead atoms. The Morgan fingerprint density at radius 3 is 2.40 bits per heavy atom. The summed E-state index contributed by atoms with van der Waals surface area (Å²) < 4.78 is 6.02. The molecule has 0 aliphatic rings. The van der Waals surface area contributed by atoms with Gasteiger partial charge in [0.15, 0.2) is 0 Å². The number of unbranched alkanes of at least 4 members (excludes halogenated alkanes) is 1. The molecule has 3 aromatic rings. The SMILES string of the molecule is N#Cc1ccc(CC(/C=C/c2ccccc2OCCCCBr)CCc2ccc(C(=O)O)cc2)cc1. The van der Waals surface area contributed by atoms with Crippen molar-refractivity contribution in [3.8, 4) is 11.8 Å². The highest BCUT2D eigenvalue weighted by molar-refractivity contribution is 9.09. The Balaban J connectivity index is 1.73. The number of nitriles is 1. The van der Waals surface area contributed by atoms with E-state index in [1.807, 2.05) is 54.6 Å². The molecule has 0 aliphatic heterocycles. The summed E-state index contributed by atoms with van der Waals surface area (Å²) >= 11 is 3.46. The van der Waals surface area contributed by atoms with E-state index < -0.39 is 5.97 Å². The van der Waals surface area contributed by atoms with Crippen LogP contribution in [0.2, 0.25) is 0 Å². The van der Waals surface area contributed by atoms with Gasteiger partial charge in [0, 0.05) is 10.9 Å². The van der Waals surface area contributed by atoms with Crippen LogP contribution in [0.25, 0.3) is 6.08 Å². The maximum Gasteiger partial charge on any atom is 0.335 e. The molecule has 0 heterocycles. The van der Waals surface area contributed by atoms with Gasteiger partial charge in [-0.3, -0.25) is 0 Å². The highest BCUT2D eigenvalue weighted by Gasteiger charge is 2.10. The summed E-state index contributed by atoms with van der Waals surface area (Å²) in [6.07, 6.45) is 9.08. The Morgan fingerprint density at radius 2 is 1.71 bits per heavy atom. The molecule has 0 aromatic heterocycles. The summed E-state index contributed by atoms with van der Waals surface area (Å²) in [7, 11) is 0. The van der Waals surface area contributed by atoms with E-state index in [4.69, 9.17) is 15.1 Å². The largest absolute Gasteiger partial charge is 0.493 e. The number of aryl methyl sites for hydroxylation is 1. The number of carbonyl (C=O) groups is 1. The number of hydrogen-bond donors (Lipinski definition) is 1. The van der Waals surface area contributed by atoms with Crippen LogP contribution >= 0.6 is 15.9 Å². The van der Waals surface area contributed by atoms with Crippen LogP contribution < -0.4 is 4.74 Å². The molecule has 5 heteroatoms.